The molecule has 0 aliphatic carbocycles. The van der Waals surface area contributed by atoms with Gasteiger partial charge in [-0.2, -0.15) is 0 Å². The van der Waals surface area contributed by atoms with Gasteiger partial charge in [-0.1, -0.05) is 4.47 Å². The highest BCUT2D eigenvalue weighted by Crippen LogP contribution is 2.17. The molecular weight excluding hydrogens is 228 g/mol. The third-order valence-corrected chi connectivity index (χ3v) is 3.46. The van der Waals surface area contributed by atoms with E-state index in [4.69, 9.17) is 0 Å². The largest absolute Gasteiger partial charge is 0.288 e. The Morgan fingerprint density at radius 2 is 1.87 bits per heavy atom. The minimum atomic E-state index is -3.92. The monoisotopic (exact) mass is 237 g/mol. The second-order valence-electron chi connectivity index (χ2n) is 2.67. The fourth-order valence-electron chi connectivity index (χ4n) is 0.884. The van der Waals surface area contributed by atoms with Crippen LogP contribution < -0.4 is 0 Å². The molecule has 1 rings (SSSR count). The number of hydrogen-bond donors (Lipinski definition) is 0. The van der Waals surface area contributed by atoms with E-state index in [9.17, 15) is 17.2 Å². The van der Waals surface area contributed by atoms with Crippen molar-refractivity contribution in [2.75, 3.05) is 14.2 Å². The highest BCUT2D eigenvalue weighted by atomic mass is 32.2. The van der Waals surface area contributed by atoms with Gasteiger partial charge in [0.15, 0.2) is 11.6 Å². The number of halogens is 2. The smallest absolute Gasteiger partial charge is 0.264 e. The van der Waals surface area contributed by atoms with Crippen molar-refractivity contribution >= 4 is 10.0 Å². The van der Waals surface area contributed by atoms with Crippen molar-refractivity contribution in [2.24, 2.45) is 0 Å². The van der Waals surface area contributed by atoms with E-state index in [0.29, 0.717) is 10.5 Å². The molecule has 1 aromatic carbocycles. The summed E-state index contributed by atoms with van der Waals surface area (Å²) in [7, 11) is -1.62. The number of rotatable bonds is 3. The van der Waals surface area contributed by atoms with Gasteiger partial charge in [0.2, 0.25) is 0 Å². The van der Waals surface area contributed by atoms with Crippen molar-refractivity contribution in [3.63, 3.8) is 0 Å². The maximum atomic E-state index is 12.8. The van der Waals surface area contributed by atoms with Gasteiger partial charge in [-0.05, 0) is 18.2 Å². The lowest BCUT2D eigenvalue weighted by Gasteiger charge is -2.13. The summed E-state index contributed by atoms with van der Waals surface area (Å²) in [6.45, 7) is 0. The molecule has 0 spiro atoms. The van der Waals surface area contributed by atoms with E-state index in [1.54, 1.807) is 0 Å². The zero-order chi connectivity index (χ0) is 11.6. The molecule has 7 heteroatoms. The fraction of sp³-hybridized carbons (Fsp3) is 0.250. The summed E-state index contributed by atoms with van der Waals surface area (Å²) in [5, 5.41) is 0. The van der Waals surface area contributed by atoms with Gasteiger partial charge in [-0.25, -0.2) is 17.2 Å². The molecule has 0 heterocycles. The maximum absolute atomic E-state index is 12.8. The van der Waals surface area contributed by atoms with E-state index >= 15 is 0 Å². The van der Waals surface area contributed by atoms with Gasteiger partial charge in [-0.15, -0.1) is 0 Å². The lowest BCUT2D eigenvalue weighted by molar-refractivity contribution is -0.0258. The second-order valence-corrected chi connectivity index (χ2v) is 4.61. The van der Waals surface area contributed by atoms with Crippen LogP contribution in [0.4, 0.5) is 8.78 Å². The molecule has 0 unspecified atom stereocenters. The summed E-state index contributed by atoms with van der Waals surface area (Å²) in [6.07, 6.45) is 0. The first-order valence-corrected chi connectivity index (χ1v) is 5.31. The van der Waals surface area contributed by atoms with Crippen molar-refractivity contribution < 1.29 is 22.0 Å². The first-order valence-electron chi connectivity index (χ1n) is 3.87. The average Bonchev–Trinajstić information content (AvgIpc) is 2.20. The molecule has 4 nitrogen and oxygen atoms in total. The molecule has 0 amide bonds. The molecule has 0 atom stereocenters. The van der Waals surface area contributed by atoms with Crippen LogP contribution in [0.1, 0.15) is 0 Å². The number of hydroxylamine groups is 1. The molecule has 84 valence electrons. The molecule has 0 aromatic heterocycles. The van der Waals surface area contributed by atoms with Crippen LogP contribution in [-0.4, -0.2) is 27.0 Å². The van der Waals surface area contributed by atoms with Gasteiger partial charge in [0, 0.05) is 7.05 Å². The molecule has 0 bridgehead atoms. The zero-order valence-corrected chi connectivity index (χ0v) is 8.88. The Labute approximate surface area is 86.1 Å². The zero-order valence-electron chi connectivity index (χ0n) is 8.07. The van der Waals surface area contributed by atoms with Crippen molar-refractivity contribution in [3.8, 4) is 0 Å². The Balaban J connectivity index is 3.23. The van der Waals surface area contributed by atoms with E-state index < -0.39 is 21.7 Å². The van der Waals surface area contributed by atoms with E-state index in [0.717, 1.165) is 26.3 Å². The third-order valence-electron chi connectivity index (χ3n) is 1.78. The van der Waals surface area contributed by atoms with E-state index in [-0.39, 0.29) is 4.90 Å². The molecule has 0 aliphatic rings. The summed E-state index contributed by atoms with van der Waals surface area (Å²) in [4.78, 5) is 4.10. The quantitative estimate of drug-likeness (QED) is 0.741. The van der Waals surface area contributed by atoms with Crippen LogP contribution in [0.15, 0.2) is 23.1 Å². The molecule has 0 aliphatic heterocycles. The Hall–Kier alpha value is -1.05. The van der Waals surface area contributed by atoms with Gasteiger partial charge in [0.1, 0.15) is 0 Å². The van der Waals surface area contributed by atoms with E-state index in [1.165, 1.54) is 0 Å². The molecule has 0 saturated heterocycles. The van der Waals surface area contributed by atoms with Crippen LogP contribution in [0.25, 0.3) is 0 Å². The molecule has 0 saturated carbocycles. The number of sulfonamides is 1. The Kier molecular flexibility index (Phi) is 3.38. The van der Waals surface area contributed by atoms with E-state index in [1.807, 2.05) is 0 Å². The lowest BCUT2D eigenvalue weighted by atomic mass is 10.3. The molecule has 1 aromatic rings. The Morgan fingerprint density at radius 3 is 2.33 bits per heavy atom. The predicted octanol–water partition coefficient (Wildman–Crippen LogP) is 1.15. The average molecular weight is 237 g/mol. The minimum Gasteiger partial charge on any atom is -0.288 e. The van der Waals surface area contributed by atoms with Crippen molar-refractivity contribution in [2.45, 2.75) is 4.90 Å². The maximum Gasteiger partial charge on any atom is 0.264 e. The Morgan fingerprint density at radius 1 is 1.27 bits per heavy atom. The molecular formula is C8H9F2NO3S. The van der Waals surface area contributed by atoms with Crippen molar-refractivity contribution in [1.82, 2.24) is 4.47 Å². The summed E-state index contributed by atoms with van der Waals surface area (Å²) in [6, 6.07) is 2.30. The van der Waals surface area contributed by atoms with E-state index in [2.05, 4.69) is 4.84 Å². The molecule has 15 heavy (non-hydrogen) atoms. The first-order chi connectivity index (χ1) is 6.89. The van der Waals surface area contributed by atoms with Gasteiger partial charge in [-0.3, -0.25) is 4.84 Å². The fourth-order valence-corrected chi connectivity index (χ4v) is 1.87. The van der Waals surface area contributed by atoms with Gasteiger partial charge >= 0.3 is 0 Å². The topological polar surface area (TPSA) is 46.6 Å². The Bertz CT molecular complexity index is 461. The van der Waals surface area contributed by atoms with Gasteiger partial charge < -0.3 is 0 Å². The standard InChI is InChI=1S/C8H9F2NO3S/c1-11(14-2)15(12,13)6-3-4-7(9)8(10)5-6/h3-5H,1-2H3. The first kappa shape index (κ1) is 12.0. The summed E-state index contributed by atoms with van der Waals surface area (Å²) >= 11 is 0. The third kappa shape index (κ3) is 2.31. The summed E-state index contributed by atoms with van der Waals surface area (Å²) < 4.78 is 49.0. The highest BCUT2D eigenvalue weighted by molar-refractivity contribution is 7.89. The van der Waals surface area contributed by atoms with Crippen LogP contribution in [0.3, 0.4) is 0 Å². The van der Waals surface area contributed by atoms with Crippen molar-refractivity contribution in [3.05, 3.63) is 29.8 Å². The van der Waals surface area contributed by atoms with Crippen molar-refractivity contribution in [1.29, 1.82) is 0 Å². The van der Waals surface area contributed by atoms with Crippen LogP contribution in [0.2, 0.25) is 0 Å². The number of hydrogen-bond acceptors (Lipinski definition) is 3. The number of benzene rings is 1. The summed E-state index contributed by atoms with van der Waals surface area (Å²) in [5.41, 5.74) is 0. The normalized spacial score (nSPS) is 12.1. The second kappa shape index (κ2) is 4.21. The predicted molar refractivity (Wildman–Crippen MR) is 48.3 cm³/mol. The number of nitrogens with zero attached hydrogens (tertiary/aromatic N) is 1. The van der Waals surface area contributed by atoms with Crippen LogP contribution >= 0.6 is 0 Å². The summed E-state index contributed by atoms with van der Waals surface area (Å²) in [5.74, 6) is -2.32. The SMILES string of the molecule is CON(C)S(=O)(=O)c1ccc(F)c(F)c1. The minimum absolute atomic E-state index is 0.370. The van der Waals surface area contributed by atoms with Crippen LogP contribution in [0.5, 0.6) is 0 Å². The van der Waals surface area contributed by atoms with Gasteiger partial charge in [0.05, 0.1) is 12.0 Å². The molecule has 0 fully saturated rings. The van der Waals surface area contributed by atoms with Gasteiger partial charge in [0.25, 0.3) is 10.0 Å². The van der Waals surface area contributed by atoms with Crippen LogP contribution in [-0.2, 0) is 14.9 Å². The van der Waals surface area contributed by atoms with Crippen LogP contribution in [0, 0.1) is 11.6 Å². The highest BCUT2D eigenvalue weighted by Gasteiger charge is 2.21. The molecule has 0 radical (unpaired) electrons. The molecule has 0 N–H and O–H groups in total. The lowest BCUT2D eigenvalue weighted by Crippen LogP contribution is -2.25.